The molecule has 188 valence electrons. The lowest BCUT2D eigenvalue weighted by atomic mass is 9.59. The molecule has 4 aromatic carbocycles. The Balaban J connectivity index is 1.45. The third kappa shape index (κ3) is 3.47. The fourth-order valence-corrected chi connectivity index (χ4v) is 6.30. The highest BCUT2D eigenvalue weighted by Gasteiger charge is 2.47. The van der Waals surface area contributed by atoms with Gasteiger partial charge in [-0.1, -0.05) is 60.7 Å². The minimum atomic E-state index is -5.89. The van der Waals surface area contributed by atoms with Gasteiger partial charge >= 0.3 is 5.97 Å². The third-order valence-corrected chi connectivity index (χ3v) is 8.06. The maximum Gasteiger partial charge on any atom is 0.315 e. The van der Waals surface area contributed by atoms with Gasteiger partial charge in [0.15, 0.2) is 11.6 Å². The van der Waals surface area contributed by atoms with Gasteiger partial charge in [-0.15, -0.1) is 0 Å². The molecule has 3 aliphatic carbocycles. The van der Waals surface area contributed by atoms with Gasteiger partial charge in [0.2, 0.25) is 17.4 Å². The number of fused-ring (bicyclic) bond motifs is 2. The fourth-order valence-electron chi connectivity index (χ4n) is 5.68. The minimum absolute atomic E-state index is 0.215. The molecular weight excluding hydrogens is 512 g/mol. The van der Waals surface area contributed by atoms with Crippen molar-refractivity contribution in [2.24, 2.45) is 5.92 Å². The van der Waals surface area contributed by atoms with E-state index in [0.717, 1.165) is 33.0 Å². The maximum absolute atomic E-state index is 14.5. The lowest BCUT2D eigenvalue weighted by Crippen LogP contribution is -2.38. The molecule has 0 spiro atoms. The van der Waals surface area contributed by atoms with E-state index in [4.69, 9.17) is 4.74 Å². The second kappa shape index (κ2) is 8.12. The van der Waals surface area contributed by atoms with E-state index in [-0.39, 0.29) is 12.3 Å². The first-order chi connectivity index (χ1) is 17.6. The quantitative estimate of drug-likeness (QED) is 0.116. The first-order valence-corrected chi connectivity index (χ1v) is 12.6. The van der Waals surface area contributed by atoms with Gasteiger partial charge in [0.25, 0.3) is 0 Å². The summed E-state index contributed by atoms with van der Waals surface area (Å²) in [5, 5.41) is 1.93. The van der Waals surface area contributed by atoms with E-state index in [1.807, 2.05) is 54.6 Å². The smallest absolute Gasteiger partial charge is 0.315 e. The fraction of sp³-hybridized carbons (Fsp3) is 0.148. The average molecular weight is 527 g/mol. The molecule has 3 atom stereocenters. The Labute approximate surface area is 208 Å². The largest absolute Gasteiger partial charge is 0.744 e. The molecule has 0 radical (unpaired) electrons. The zero-order valence-corrected chi connectivity index (χ0v) is 19.5. The molecule has 2 bridgehead atoms. The van der Waals surface area contributed by atoms with E-state index in [1.54, 1.807) is 6.07 Å². The number of benzene rings is 4. The summed E-state index contributed by atoms with van der Waals surface area (Å²) in [5.41, 5.74) is 3.67. The van der Waals surface area contributed by atoms with Crippen LogP contribution in [0.25, 0.3) is 10.8 Å². The summed E-state index contributed by atoms with van der Waals surface area (Å²) in [7, 11) is -5.89. The Bertz CT molecular complexity index is 1720. The molecule has 7 rings (SSSR count). The van der Waals surface area contributed by atoms with Gasteiger partial charge in [-0.05, 0) is 39.4 Å². The number of hydrogen-bond acceptors (Lipinski definition) is 5. The van der Waals surface area contributed by atoms with Crippen molar-refractivity contribution in [3.05, 3.63) is 106 Å². The van der Waals surface area contributed by atoms with Crippen LogP contribution in [0, 0.1) is 29.2 Å². The van der Waals surface area contributed by atoms with Gasteiger partial charge < -0.3 is 9.29 Å². The molecule has 0 saturated heterocycles. The normalized spacial score (nSPS) is 20.0. The van der Waals surface area contributed by atoms with Crippen LogP contribution in [-0.2, 0) is 14.9 Å². The standard InChI is InChI=1S/C27H16F4O5S/c28-21-23(30)26(37(33,34)35)24(31)22(29)25(21)36-27(32)19-11-17-14-7-3-4-8-15(14)20(19)18-10-13-6-2-1-5-12(13)9-16(17)18/h1-10,17,19-20H,11H2,(H,33,34,35)/p-1. The molecule has 0 N–H and O–H groups in total. The Morgan fingerprint density at radius 2 is 1.32 bits per heavy atom. The number of carbonyl (C=O) groups excluding carboxylic acids is 1. The van der Waals surface area contributed by atoms with Gasteiger partial charge in [-0.3, -0.25) is 4.79 Å². The van der Waals surface area contributed by atoms with Crippen molar-refractivity contribution in [3.63, 3.8) is 0 Å². The van der Waals surface area contributed by atoms with Crippen LogP contribution >= 0.6 is 0 Å². The van der Waals surface area contributed by atoms with E-state index in [9.17, 15) is 35.3 Å². The molecule has 3 aliphatic rings. The molecule has 10 heteroatoms. The first-order valence-electron chi connectivity index (χ1n) is 11.2. The van der Waals surface area contributed by atoms with Crippen LogP contribution in [0.1, 0.15) is 40.5 Å². The van der Waals surface area contributed by atoms with Crippen molar-refractivity contribution in [1.82, 2.24) is 0 Å². The second-order valence-electron chi connectivity index (χ2n) is 9.12. The van der Waals surface area contributed by atoms with E-state index in [0.29, 0.717) is 0 Å². The molecule has 0 heterocycles. The summed E-state index contributed by atoms with van der Waals surface area (Å²) in [4.78, 5) is 11.0. The minimum Gasteiger partial charge on any atom is -0.744 e. The molecule has 0 aromatic heterocycles. The van der Waals surface area contributed by atoms with Crippen LogP contribution in [0.4, 0.5) is 17.6 Å². The summed E-state index contributed by atoms with van der Waals surface area (Å²) in [5.74, 6) is -14.1. The van der Waals surface area contributed by atoms with E-state index >= 15 is 0 Å². The number of hydrogen-bond donors (Lipinski definition) is 0. The Morgan fingerprint density at radius 1 is 0.784 bits per heavy atom. The van der Waals surface area contributed by atoms with Crippen LogP contribution in [-0.4, -0.2) is 18.9 Å². The van der Waals surface area contributed by atoms with Crippen LogP contribution in [0.2, 0.25) is 0 Å². The molecule has 0 aliphatic heterocycles. The van der Waals surface area contributed by atoms with Crippen molar-refractivity contribution in [2.45, 2.75) is 23.2 Å². The number of rotatable bonds is 3. The third-order valence-electron chi connectivity index (χ3n) is 7.20. The van der Waals surface area contributed by atoms with Crippen molar-refractivity contribution in [3.8, 4) is 5.75 Å². The number of ether oxygens (including phenoxy) is 1. The summed E-state index contributed by atoms with van der Waals surface area (Å²) < 4.78 is 95.7. The number of halogens is 4. The molecule has 3 unspecified atom stereocenters. The number of esters is 1. The molecule has 0 amide bonds. The second-order valence-corrected chi connectivity index (χ2v) is 10.4. The van der Waals surface area contributed by atoms with Crippen molar-refractivity contribution in [1.29, 1.82) is 0 Å². The molecule has 5 nitrogen and oxygen atoms in total. The van der Waals surface area contributed by atoms with E-state index < -0.39 is 61.8 Å². The van der Waals surface area contributed by atoms with Gasteiger partial charge in [-0.25, -0.2) is 17.2 Å². The Hall–Kier alpha value is -3.76. The lowest BCUT2D eigenvalue weighted by Gasteiger charge is -2.44. The van der Waals surface area contributed by atoms with Crippen molar-refractivity contribution in [2.75, 3.05) is 0 Å². The molecular formula is C27H15F4O5S-. The summed E-state index contributed by atoms with van der Waals surface area (Å²) in [6.45, 7) is 0. The van der Waals surface area contributed by atoms with Crippen LogP contribution in [0.5, 0.6) is 5.75 Å². The highest BCUT2D eigenvalue weighted by molar-refractivity contribution is 7.85. The van der Waals surface area contributed by atoms with E-state index in [2.05, 4.69) is 0 Å². The first kappa shape index (κ1) is 23.6. The highest BCUT2D eigenvalue weighted by Crippen LogP contribution is 2.56. The summed E-state index contributed by atoms with van der Waals surface area (Å²) >= 11 is 0. The summed E-state index contributed by atoms with van der Waals surface area (Å²) in [6.07, 6.45) is 0.215. The Kier molecular flexibility index (Phi) is 5.19. The van der Waals surface area contributed by atoms with Gasteiger partial charge in [0.05, 0.1) is 5.92 Å². The highest BCUT2D eigenvalue weighted by atomic mass is 32.2. The summed E-state index contributed by atoms with van der Waals surface area (Å²) in [6, 6.07) is 19.1. The monoisotopic (exact) mass is 527 g/mol. The Morgan fingerprint density at radius 3 is 1.92 bits per heavy atom. The lowest BCUT2D eigenvalue weighted by molar-refractivity contribution is -0.140. The van der Waals surface area contributed by atoms with Gasteiger partial charge in [0.1, 0.15) is 15.0 Å². The average Bonchev–Trinajstić information content (AvgIpc) is 2.88. The predicted molar refractivity (Wildman–Crippen MR) is 122 cm³/mol. The number of carbonyl (C=O) groups is 1. The predicted octanol–water partition coefficient (Wildman–Crippen LogP) is 5.50. The topological polar surface area (TPSA) is 83.5 Å². The van der Waals surface area contributed by atoms with Gasteiger partial charge in [-0.2, -0.15) is 8.78 Å². The van der Waals surface area contributed by atoms with Crippen LogP contribution < -0.4 is 4.74 Å². The zero-order chi connectivity index (χ0) is 26.2. The SMILES string of the molecule is O=C(Oc1c(F)c(F)c(S(=O)(=O)[O-])c(F)c1F)C1CC2c3ccccc3C1c1cc3ccccc3cc12. The van der Waals surface area contributed by atoms with Gasteiger partial charge in [0, 0.05) is 11.8 Å². The van der Waals surface area contributed by atoms with Crippen LogP contribution in [0.3, 0.4) is 0 Å². The van der Waals surface area contributed by atoms with Crippen LogP contribution in [0.15, 0.2) is 65.6 Å². The molecule has 0 saturated carbocycles. The maximum atomic E-state index is 14.5. The zero-order valence-electron chi connectivity index (χ0n) is 18.7. The van der Waals surface area contributed by atoms with Crippen molar-refractivity contribution >= 4 is 26.9 Å². The van der Waals surface area contributed by atoms with Crippen molar-refractivity contribution < 1.29 is 40.1 Å². The molecule has 37 heavy (non-hydrogen) atoms. The molecule has 0 fully saturated rings. The molecule has 4 aromatic rings. The van der Waals surface area contributed by atoms with E-state index in [1.165, 1.54) is 0 Å².